The van der Waals surface area contributed by atoms with Gasteiger partial charge in [-0.05, 0) is 0 Å². The summed E-state index contributed by atoms with van der Waals surface area (Å²) >= 11 is 0. The zero-order valence-corrected chi connectivity index (χ0v) is 75.4. The fourth-order valence-electron chi connectivity index (χ4n) is 25.1. The molecule has 0 rings (SSSR count). The van der Waals surface area contributed by atoms with E-state index in [-0.39, 0.29) is 17.4 Å². The first kappa shape index (κ1) is 90.3. The molecule has 0 saturated heterocycles. The first-order valence-electron chi connectivity index (χ1n) is 33.2. The van der Waals surface area contributed by atoms with Crippen molar-refractivity contribution in [3.8, 4) is 0 Å². The summed E-state index contributed by atoms with van der Waals surface area (Å²) in [6.45, 7) is 137. The molecule has 0 aliphatic carbocycles. The predicted octanol–water partition coefficient (Wildman–Crippen LogP) is 29.9. The maximum Gasteiger partial charge on any atom is 3.00 e. The molecular formula is C75H165CrSi6. The molecule has 0 atom stereocenters. The number of hydrogen-bond acceptors (Lipinski definition) is 0. The van der Waals surface area contributed by atoms with Gasteiger partial charge in [-0.2, -0.15) is 0 Å². The second kappa shape index (κ2) is 25.0. The molecule has 0 fully saturated rings. The zero-order chi connectivity index (χ0) is 68.1. The van der Waals surface area contributed by atoms with E-state index in [1.165, 1.54) is 0 Å². The molecule has 0 aromatic rings. The molecule has 0 aromatic carbocycles. The largest absolute Gasteiger partial charge is 3.00 e. The van der Waals surface area contributed by atoms with Gasteiger partial charge >= 0.3 is 17.4 Å². The molecular weight excluding hydrogens is 1120 g/mol. The Morgan fingerprint density at radius 2 is 0.146 bits per heavy atom. The molecule has 0 aliphatic rings. The van der Waals surface area contributed by atoms with Crippen LogP contribution in [-0.4, -0.2) is 48.4 Å². The Labute approximate surface area is 543 Å². The Kier molecular flexibility index (Phi) is 27.6. The second-order valence-corrected chi connectivity index (χ2v) is 85.9. The van der Waals surface area contributed by atoms with Crippen molar-refractivity contribution >= 4 is 48.4 Å². The Hall–Kier alpha value is 1.83. The summed E-state index contributed by atoms with van der Waals surface area (Å²) in [7, 11) is -11.6. The molecule has 0 bridgehead atoms. The van der Waals surface area contributed by atoms with Crippen molar-refractivity contribution in [3.63, 3.8) is 0 Å². The predicted molar refractivity (Wildman–Crippen MR) is 402 cm³/mol. The molecule has 1 radical (unpaired) electrons. The summed E-state index contributed by atoms with van der Waals surface area (Å²) in [4.78, 5) is 0. The van der Waals surface area contributed by atoms with E-state index < -0.39 is 48.4 Å². The number of hydrogen-bond donors (Lipinski definition) is 0. The summed E-state index contributed by atoms with van der Waals surface area (Å²) in [6, 6.07) is 0. The van der Waals surface area contributed by atoms with Gasteiger partial charge in [-0.1, -0.05) is 513 Å². The van der Waals surface area contributed by atoms with Gasteiger partial charge in [-0.25, -0.2) is 0 Å². The van der Waals surface area contributed by atoms with E-state index in [4.69, 9.17) is 0 Å². The van der Waals surface area contributed by atoms with Crippen LogP contribution in [0.15, 0.2) is 0 Å². The average Bonchev–Trinajstić information content (AvgIpc) is 2.98. The van der Waals surface area contributed by atoms with Crippen molar-refractivity contribution in [2.45, 2.75) is 465 Å². The van der Waals surface area contributed by atoms with Gasteiger partial charge in [0.1, 0.15) is 0 Å². The van der Waals surface area contributed by atoms with Gasteiger partial charge in [0.2, 0.25) is 0 Å². The molecule has 0 aromatic heterocycles. The standard InChI is InChI=1S/3C25H55Si2.Cr/c3*1-20(2,3)26(21(4,5)6,22(7,8)9)19-27(23(10,11)12,24(13,14)15)25(16,17)18;/h3*19H,1-18H3;/q3*-1;+3. The summed E-state index contributed by atoms with van der Waals surface area (Å²) in [5.41, 5.74) is 9.46. The van der Waals surface area contributed by atoms with Crippen molar-refractivity contribution in [1.29, 1.82) is 0 Å². The van der Waals surface area contributed by atoms with Gasteiger partial charge in [-0.3, -0.25) is 0 Å². The summed E-state index contributed by atoms with van der Waals surface area (Å²) in [5.74, 6) is 0. The minimum absolute atomic E-state index is 0. The van der Waals surface area contributed by atoms with Crippen LogP contribution in [0.5, 0.6) is 0 Å². The van der Waals surface area contributed by atoms with Crippen molar-refractivity contribution < 1.29 is 17.4 Å². The van der Waals surface area contributed by atoms with Crippen LogP contribution >= 0.6 is 0 Å². The van der Waals surface area contributed by atoms with Crippen LogP contribution in [0, 0.1) is 17.0 Å². The van der Waals surface area contributed by atoms with Crippen LogP contribution in [0.2, 0.25) is 90.7 Å². The maximum absolute atomic E-state index is 3.15. The van der Waals surface area contributed by atoms with E-state index in [1.807, 2.05) is 0 Å². The summed E-state index contributed by atoms with van der Waals surface area (Å²) in [6.07, 6.45) is 0. The molecule has 495 valence electrons. The third-order valence-corrected chi connectivity index (χ3v) is 75.6. The molecule has 0 nitrogen and oxygen atoms in total. The normalized spacial score (nSPS) is 16.5. The number of rotatable bonds is 6. The first-order valence-corrected chi connectivity index (χ1v) is 45.7. The Balaban J connectivity index is -0.000000553. The molecule has 7 heteroatoms. The SMILES string of the molecule is CC(C)(C)[Si]([CH-][Si](C(C)(C)C)(C(C)(C)C)C(C)(C)C)(C(C)(C)C)C(C)(C)C.CC(C)(C)[Si]([CH-][Si](C(C)(C)C)(C(C)(C)C)C(C)(C)C)(C(C)(C)C)C(C)(C)C.CC(C)(C)[Si]([CH-][Si](C(C)(C)C)(C(C)(C)C)C(C)(C)C)(C(C)(C)C)C(C)(C)C.[Cr+3]. The van der Waals surface area contributed by atoms with Gasteiger partial charge in [0.15, 0.2) is 0 Å². The molecule has 0 aliphatic heterocycles. The van der Waals surface area contributed by atoms with Crippen LogP contribution in [0.4, 0.5) is 0 Å². The van der Waals surface area contributed by atoms with Crippen molar-refractivity contribution in [2.75, 3.05) is 0 Å². The zero-order valence-electron chi connectivity index (χ0n) is 68.1. The topological polar surface area (TPSA) is 0 Å². The monoisotopic (exact) mass is 1290 g/mol. The van der Waals surface area contributed by atoms with Gasteiger partial charge in [-0.15, -0.1) is 0 Å². The molecule has 0 unspecified atom stereocenters. The molecule has 82 heavy (non-hydrogen) atoms. The van der Waals surface area contributed by atoms with Crippen LogP contribution in [0.3, 0.4) is 0 Å². The first-order chi connectivity index (χ1) is 33.6. The molecule has 0 spiro atoms. The van der Waals surface area contributed by atoms with Crippen LogP contribution in [0.1, 0.15) is 374 Å². The van der Waals surface area contributed by atoms with E-state index in [0.717, 1.165) is 0 Å². The fourth-order valence-corrected chi connectivity index (χ4v) is 105. The Morgan fingerprint density at radius 3 is 0.171 bits per heavy atom. The van der Waals surface area contributed by atoms with Crippen LogP contribution in [0.25, 0.3) is 0 Å². The van der Waals surface area contributed by atoms with E-state index >= 15 is 0 Å². The minimum Gasteiger partial charge on any atom is -0.322 e. The van der Waals surface area contributed by atoms with Crippen molar-refractivity contribution in [3.05, 3.63) is 17.0 Å². The molecule has 0 N–H and O–H groups in total. The molecule has 0 saturated carbocycles. The minimum atomic E-state index is -1.93. The van der Waals surface area contributed by atoms with E-state index in [0.29, 0.717) is 90.7 Å². The third kappa shape index (κ3) is 16.2. The quantitative estimate of drug-likeness (QED) is 0.184. The smallest absolute Gasteiger partial charge is 0.322 e. The van der Waals surface area contributed by atoms with Gasteiger partial charge in [0.25, 0.3) is 0 Å². The fraction of sp³-hybridized carbons (Fsp3) is 0.960. The summed E-state index contributed by atoms with van der Waals surface area (Å²) in [5, 5.41) is 5.56. The third-order valence-electron chi connectivity index (χ3n) is 22.6. The second-order valence-electron chi connectivity index (χ2n) is 45.8. The van der Waals surface area contributed by atoms with Gasteiger partial charge < -0.3 is 17.0 Å². The van der Waals surface area contributed by atoms with E-state index in [2.05, 4.69) is 391 Å². The average molecular weight is 1290 g/mol. The Bertz CT molecular complexity index is 1380. The van der Waals surface area contributed by atoms with E-state index in [9.17, 15) is 0 Å². The van der Waals surface area contributed by atoms with Gasteiger partial charge in [0.05, 0.1) is 0 Å². The van der Waals surface area contributed by atoms with E-state index in [1.54, 1.807) is 0 Å². The van der Waals surface area contributed by atoms with Crippen LogP contribution in [-0.2, 0) is 17.4 Å². The van der Waals surface area contributed by atoms with Crippen LogP contribution < -0.4 is 0 Å². The van der Waals surface area contributed by atoms with Crippen molar-refractivity contribution in [1.82, 2.24) is 0 Å². The maximum atomic E-state index is 3.15. The Morgan fingerprint density at radius 1 is 0.110 bits per heavy atom. The molecule has 0 amide bonds. The summed E-state index contributed by atoms with van der Waals surface area (Å²) < 4.78 is 0. The van der Waals surface area contributed by atoms with Gasteiger partial charge in [0, 0.05) is 0 Å². The molecule has 0 heterocycles. The van der Waals surface area contributed by atoms with Crippen molar-refractivity contribution in [2.24, 2.45) is 0 Å².